The second-order valence-corrected chi connectivity index (χ2v) is 5.62. The molecule has 0 aliphatic rings. The Morgan fingerprint density at radius 3 is 2.25 bits per heavy atom. The predicted molar refractivity (Wildman–Crippen MR) is 84.4 cm³/mol. The number of amides is 1. The molecule has 1 rings (SSSR count). The van der Waals surface area contributed by atoms with Crippen LogP contribution in [0.1, 0.15) is 56.6 Å². The molecule has 1 atom stereocenters. The minimum absolute atomic E-state index is 0.174. The van der Waals surface area contributed by atoms with Gasteiger partial charge in [0.05, 0.1) is 0 Å². The Morgan fingerprint density at radius 1 is 1.05 bits per heavy atom. The third-order valence-electron chi connectivity index (χ3n) is 3.55. The molecule has 1 aromatic carbocycles. The zero-order valence-corrected chi connectivity index (χ0v) is 12.6. The molecule has 1 aromatic rings. The fraction of sp³-hybridized carbons (Fsp3) is 0.588. The van der Waals surface area contributed by atoms with E-state index in [9.17, 15) is 4.79 Å². The van der Waals surface area contributed by atoms with Gasteiger partial charge in [0, 0.05) is 12.5 Å². The summed E-state index contributed by atoms with van der Waals surface area (Å²) in [5.41, 5.74) is 13.6. The summed E-state index contributed by atoms with van der Waals surface area (Å²) in [6.45, 7) is 2.24. The van der Waals surface area contributed by atoms with Crippen LogP contribution in [0.15, 0.2) is 24.3 Å². The van der Waals surface area contributed by atoms with E-state index in [4.69, 9.17) is 11.5 Å². The largest absolute Gasteiger partial charge is 0.370 e. The molecule has 1 amide bonds. The first-order valence-corrected chi connectivity index (χ1v) is 7.73. The number of hydrogen-bond donors (Lipinski definition) is 2. The Morgan fingerprint density at radius 2 is 1.65 bits per heavy atom. The maximum absolute atomic E-state index is 10.8. The normalized spacial score (nSPS) is 12.3. The second kappa shape index (κ2) is 9.54. The second-order valence-electron chi connectivity index (χ2n) is 5.62. The topological polar surface area (TPSA) is 69.1 Å². The Balaban J connectivity index is 2.30. The summed E-state index contributed by atoms with van der Waals surface area (Å²) in [6.07, 6.45) is 8.67. The highest BCUT2D eigenvalue weighted by atomic mass is 16.1. The molecule has 0 saturated carbocycles. The molecule has 0 aromatic heterocycles. The van der Waals surface area contributed by atoms with Crippen LogP contribution >= 0.6 is 0 Å². The van der Waals surface area contributed by atoms with E-state index >= 15 is 0 Å². The van der Waals surface area contributed by atoms with Crippen LogP contribution in [0.5, 0.6) is 0 Å². The third-order valence-corrected chi connectivity index (χ3v) is 3.55. The quantitative estimate of drug-likeness (QED) is 0.645. The Kier molecular flexibility index (Phi) is 7.97. The summed E-state index contributed by atoms with van der Waals surface area (Å²) in [4.78, 5) is 10.8. The van der Waals surface area contributed by atoms with E-state index in [-0.39, 0.29) is 18.4 Å². The van der Waals surface area contributed by atoms with Crippen LogP contribution in [0.25, 0.3) is 0 Å². The summed E-state index contributed by atoms with van der Waals surface area (Å²) < 4.78 is 0. The maximum atomic E-state index is 10.8. The van der Waals surface area contributed by atoms with Gasteiger partial charge in [0.15, 0.2) is 0 Å². The number of unbranched alkanes of at least 4 members (excludes halogenated alkanes) is 4. The van der Waals surface area contributed by atoms with E-state index in [1.807, 2.05) is 0 Å². The highest BCUT2D eigenvalue weighted by Gasteiger charge is 2.07. The van der Waals surface area contributed by atoms with Crippen molar-refractivity contribution in [3.8, 4) is 0 Å². The molecule has 0 spiro atoms. The molecule has 112 valence electrons. The fourth-order valence-electron chi connectivity index (χ4n) is 2.41. The average molecular weight is 276 g/mol. The van der Waals surface area contributed by atoms with Crippen molar-refractivity contribution in [2.24, 2.45) is 11.5 Å². The molecule has 0 heterocycles. The van der Waals surface area contributed by atoms with Gasteiger partial charge in [-0.15, -0.1) is 0 Å². The number of nitrogens with two attached hydrogens (primary N) is 2. The number of hydrogen-bond acceptors (Lipinski definition) is 2. The predicted octanol–water partition coefficient (Wildman–Crippen LogP) is 2.94. The first-order chi connectivity index (χ1) is 9.61. The summed E-state index contributed by atoms with van der Waals surface area (Å²) in [5, 5.41) is 0. The SMILES string of the molecule is CCCCCCCc1ccc(C[C@H](N)CC(N)=O)cc1. The maximum Gasteiger partial charge on any atom is 0.218 e. The lowest BCUT2D eigenvalue weighted by atomic mass is 10.0. The van der Waals surface area contributed by atoms with E-state index in [2.05, 4.69) is 31.2 Å². The van der Waals surface area contributed by atoms with Gasteiger partial charge in [-0.25, -0.2) is 0 Å². The summed E-state index contributed by atoms with van der Waals surface area (Å²) in [6, 6.07) is 8.40. The lowest BCUT2D eigenvalue weighted by Crippen LogP contribution is -2.29. The Labute approximate surface area is 122 Å². The van der Waals surface area contributed by atoms with Crippen molar-refractivity contribution in [3.05, 3.63) is 35.4 Å². The van der Waals surface area contributed by atoms with Crippen LogP contribution in [-0.2, 0) is 17.6 Å². The van der Waals surface area contributed by atoms with Gasteiger partial charge in [-0.3, -0.25) is 4.79 Å². The number of primary amides is 1. The molecule has 0 saturated heterocycles. The van der Waals surface area contributed by atoms with Crippen molar-refractivity contribution in [2.75, 3.05) is 0 Å². The molecule has 3 nitrogen and oxygen atoms in total. The molecule has 0 fully saturated rings. The zero-order chi connectivity index (χ0) is 14.8. The van der Waals surface area contributed by atoms with Crippen molar-refractivity contribution < 1.29 is 4.79 Å². The van der Waals surface area contributed by atoms with Crippen molar-refractivity contribution in [1.29, 1.82) is 0 Å². The minimum atomic E-state index is -0.332. The molecule has 0 unspecified atom stereocenters. The van der Waals surface area contributed by atoms with Crippen LogP contribution in [-0.4, -0.2) is 11.9 Å². The van der Waals surface area contributed by atoms with Gasteiger partial charge in [-0.2, -0.15) is 0 Å². The molecule has 0 bridgehead atoms. The zero-order valence-electron chi connectivity index (χ0n) is 12.6. The third kappa shape index (κ3) is 7.29. The average Bonchev–Trinajstić information content (AvgIpc) is 2.39. The van der Waals surface area contributed by atoms with E-state index in [1.165, 1.54) is 43.2 Å². The standard InChI is InChI=1S/C17H28N2O/c1-2-3-4-5-6-7-14-8-10-15(11-9-14)12-16(18)13-17(19)20/h8-11,16H,2-7,12-13,18H2,1H3,(H2,19,20)/t16-/m0/s1. The van der Waals surface area contributed by atoms with Crippen LogP contribution in [0.3, 0.4) is 0 Å². The highest BCUT2D eigenvalue weighted by molar-refractivity contribution is 5.74. The number of carbonyl (C=O) groups excluding carboxylic acids is 1. The Bertz CT molecular complexity index is 386. The van der Waals surface area contributed by atoms with Gasteiger partial charge >= 0.3 is 0 Å². The number of benzene rings is 1. The molecule has 3 heteroatoms. The lowest BCUT2D eigenvalue weighted by Gasteiger charge is -2.10. The fourth-order valence-corrected chi connectivity index (χ4v) is 2.41. The summed E-state index contributed by atoms with van der Waals surface area (Å²) in [5.74, 6) is -0.332. The van der Waals surface area contributed by atoms with Crippen LogP contribution in [0.4, 0.5) is 0 Å². The van der Waals surface area contributed by atoms with Gasteiger partial charge in [0.1, 0.15) is 0 Å². The molecule has 0 aliphatic heterocycles. The van der Waals surface area contributed by atoms with Gasteiger partial charge in [0.2, 0.25) is 5.91 Å². The monoisotopic (exact) mass is 276 g/mol. The van der Waals surface area contributed by atoms with E-state index < -0.39 is 0 Å². The van der Waals surface area contributed by atoms with Crippen molar-refractivity contribution in [2.45, 2.75) is 64.3 Å². The smallest absolute Gasteiger partial charge is 0.218 e. The van der Waals surface area contributed by atoms with Crippen molar-refractivity contribution >= 4 is 5.91 Å². The van der Waals surface area contributed by atoms with E-state index in [0.29, 0.717) is 6.42 Å². The molecular formula is C17H28N2O. The molecule has 4 N–H and O–H groups in total. The van der Waals surface area contributed by atoms with Crippen molar-refractivity contribution in [3.63, 3.8) is 0 Å². The first-order valence-electron chi connectivity index (χ1n) is 7.73. The number of carbonyl (C=O) groups is 1. The molecular weight excluding hydrogens is 248 g/mol. The summed E-state index contributed by atoms with van der Waals surface area (Å²) >= 11 is 0. The lowest BCUT2D eigenvalue weighted by molar-refractivity contribution is -0.118. The highest BCUT2D eigenvalue weighted by Crippen LogP contribution is 2.11. The van der Waals surface area contributed by atoms with Gasteiger partial charge in [-0.1, -0.05) is 56.9 Å². The summed E-state index contributed by atoms with van der Waals surface area (Å²) in [7, 11) is 0. The minimum Gasteiger partial charge on any atom is -0.370 e. The number of rotatable bonds is 10. The van der Waals surface area contributed by atoms with Crippen LogP contribution < -0.4 is 11.5 Å². The van der Waals surface area contributed by atoms with Crippen molar-refractivity contribution in [1.82, 2.24) is 0 Å². The molecule has 0 radical (unpaired) electrons. The van der Waals surface area contributed by atoms with Gasteiger partial charge in [0.25, 0.3) is 0 Å². The van der Waals surface area contributed by atoms with Crippen LogP contribution in [0, 0.1) is 0 Å². The molecule has 20 heavy (non-hydrogen) atoms. The van der Waals surface area contributed by atoms with Crippen LogP contribution in [0.2, 0.25) is 0 Å². The van der Waals surface area contributed by atoms with E-state index in [0.717, 1.165) is 6.42 Å². The molecule has 0 aliphatic carbocycles. The van der Waals surface area contributed by atoms with E-state index in [1.54, 1.807) is 0 Å². The first kappa shape index (κ1) is 16.7. The number of aryl methyl sites for hydroxylation is 1. The van der Waals surface area contributed by atoms with Gasteiger partial charge < -0.3 is 11.5 Å². The Hall–Kier alpha value is -1.35. The van der Waals surface area contributed by atoms with Gasteiger partial charge in [-0.05, 0) is 30.4 Å².